The Balaban J connectivity index is 2.51. The molecule has 1 N–H and O–H groups in total. The van der Waals surface area contributed by atoms with Crippen LogP contribution in [0.25, 0.3) is 0 Å². The van der Waals surface area contributed by atoms with E-state index in [0.29, 0.717) is 18.7 Å². The predicted octanol–water partition coefficient (Wildman–Crippen LogP) is 3.19. The molecule has 0 radical (unpaired) electrons. The molecule has 0 aliphatic carbocycles. The molecular formula is C10H10ClFN2. The number of nitriles is 1. The summed E-state index contributed by atoms with van der Waals surface area (Å²) in [7, 11) is 0. The van der Waals surface area contributed by atoms with Gasteiger partial charge in [0.25, 0.3) is 0 Å². The van der Waals surface area contributed by atoms with Crippen molar-refractivity contribution in [3.63, 3.8) is 0 Å². The summed E-state index contributed by atoms with van der Waals surface area (Å²) in [4.78, 5) is 0. The van der Waals surface area contributed by atoms with Crippen LogP contribution in [0.2, 0.25) is 5.02 Å². The Morgan fingerprint density at radius 3 is 3.00 bits per heavy atom. The Kier molecular flexibility index (Phi) is 4.21. The SMILES string of the molecule is N#CCCCNc1cccc(F)c1Cl. The van der Waals surface area contributed by atoms with Gasteiger partial charge < -0.3 is 5.32 Å². The highest BCUT2D eigenvalue weighted by atomic mass is 35.5. The van der Waals surface area contributed by atoms with E-state index in [1.54, 1.807) is 12.1 Å². The Morgan fingerprint density at radius 2 is 2.29 bits per heavy atom. The molecule has 0 aromatic heterocycles. The Morgan fingerprint density at radius 1 is 1.50 bits per heavy atom. The molecule has 0 aliphatic heterocycles. The molecule has 1 aromatic carbocycles. The lowest BCUT2D eigenvalue weighted by Gasteiger charge is -2.07. The van der Waals surface area contributed by atoms with Gasteiger partial charge in [-0.05, 0) is 18.6 Å². The van der Waals surface area contributed by atoms with Crippen LogP contribution in [0.3, 0.4) is 0 Å². The Hall–Kier alpha value is -1.27. The van der Waals surface area contributed by atoms with Gasteiger partial charge in [-0.3, -0.25) is 0 Å². The second-order valence-corrected chi connectivity index (χ2v) is 3.17. The van der Waals surface area contributed by atoms with Crippen molar-refractivity contribution < 1.29 is 4.39 Å². The third kappa shape index (κ3) is 2.90. The second kappa shape index (κ2) is 5.46. The molecule has 0 fully saturated rings. The maximum atomic E-state index is 12.9. The van der Waals surface area contributed by atoms with Gasteiger partial charge in [0.05, 0.1) is 16.8 Å². The van der Waals surface area contributed by atoms with Gasteiger partial charge in [0.1, 0.15) is 5.82 Å². The number of nitrogens with one attached hydrogen (secondary N) is 1. The zero-order valence-electron chi connectivity index (χ0n) is 7.56. The summed E-state index contributed by atoms with van der Waals surface area (Å²) in [6.07, 6.45) is 1.21. The molecule has 0 spiro atoms. The van der Waals surface area contributed by atoms with Gasteiger partial charge in [-0.1, -0.05) is 17.7 Å². The van der Waals surface area contributed by atoms with Crippen LogP contribution >= 0.6 is 11.6 Å². The van der Waals surface area contributed by atoms with Crippen LogP contribution in [-0.4, -0.2) is 6.54 Å². The molecule has 14 heavy (non-hydrogen) atoms. The lowest BCUT2D eigenvalue weighted by molar-refractivity contribution is 0.628. The standard InChI is InChI=1S/C10H10ClFN2/c11-10-8(12)4-3-5-9(10)14-7-2-1-6-13/h3-5,14H,1-2,7H2. The second-order valence-electron chi connectivity index (χ2n) is 2.79. The van der Waals surface area contributed by atoms with Crippen LogP contribution in [0.5, 0.6) is 0 Å². The van der Waals surface area contributed by atoms with Crippen molar-refractivity contribution in [2.45, 2.75) is 12.8 Å². The van der Waals surface area contributed by atoms with Gasteiger partial charge in [-0.25, -0.2) is 4.39 Å². The minimum Gasteiger partial charge on any atom is -0.384 e. The van der Waals surface area contributed by atoms with E-state index >= 15 is 0 Å². The van der Waals surface area contributed by atoms with Crippen LogP contribution in [0.1, 0.15) is 12.8 Å². The van der Waals surface area contributed by atoms with E-state index in [2.05, 4.69) is 5.32 Å². The summed E-state index contributed by atoms with van der Waals surface area (Å²) < 4.78 is 12.9. The highest BCUT2D eigenvalue weighted by Gasteiger charge is 2.03. The van der Waals surface area contributed by atoms with E-state index < -0.39 is 5.82 Å². The van der Waals surface area contributed by atoms with E-state index in [0.717, 1.165) is 6.42 Å². The maximum absolute atomic E-state index is 12.9. The number of hydrogen-bond donors (Lipinski definition) is 1. The van der Waals surface area contributed by atoms with Crippen LogP contribution in [0.15, 0.2) is 18.2 Å². The molecule has 1 aromatic rings. The van der Waals surface area contributed by atoms with Crippen molar-refractivity contribution in [2.24, 2.45) is 0 Å². The predicted molar refractivity (Wildman–Crippen MR) is 54.7 cm³/mol. The Labute approximate surface area is 87.3 Å². The molecule has 0 saturated carbocycles. The lowest BCUT2D eigenvalue weighted by Crippen LogP contribution is -2.01. The van der Waals surface area contributed by atoms with Crippen LogP contribution in [-0.2, 0) is 0 Å². The molecule has 0 atom stereocenters. The molecule has 0 amide bonds. The van der Waals surface area contributed by atoms with Gasteiger partial charge in [-0.2, -0.15) is 5.26 Å². The third-order valence-electron chi connectivity index (χ3n) is 1.73. The summed E-state index contributed by atoms with van der Waals surface area (Å²) in [5.41, 5.74) is 0.574. The van der Waals surface area contributed by atoms with Crippen molar-refractivity contribution in [1.82, 2.24) is 0 Å². The number of halogens is 2. The van der Waals surface area contributed by atoms with E-state index in [1.165, 1.54) is 6.07 Å². The van der Waals surface area contributed by atoms with Crippen LogP contribution in [0.4, 0.5) is 10.1 Å². The van der Waals surface area contributed by atoms with Gasteiger partial charge in [-0.15, -0.1) is 0 Å². The van der Waals surface area contributed by atoms with Gasteiger partial charge >= 0.3 is 0 Å². The summed E-state index contributed by atoms with van der Waals surface area (Å²) >= 11 is 5.70. The highest BCUT2D eigenvalue weighted by Crippen LogP contribution is 2.24. The number of anilines is 1. The summed E-state index contributed by atoms with van der Waals surface area (Å²) in [5.74, 6) is -0.433. The first-order valence-electron chi connectivity index (χ1n) is 4.30. The fourth-order valence-electron chi connectivity index (χ4n) is 1.03. The first-order chi connectivity index (χ1) is 6.75. The quantitative estimate of drug-likeness (QED) is 0.778. The molecule has 1 rings (SSSR count). The first-order valence-corrected chi connectivity index (χ1v) is 4.68. The molecule has 4 heteroatoms. The van der Waals surface area contributed by atoms with E-state index in [9.17, 15) is 4.39 Å². The van der Waals surface area contributed by atoms with Crippen molar-refractivity contribution in [3.8, 4) is 6.07 Å². The van der Waals surface area contributed by atoms with E-state index in [4.69, 9.17) is 16.9 Å². The topological polar surface area (TPSA) is 35.8 Å². The molecule has 0 saturated heterocycles. The molecular weight excluding hydrogens is 203 g/mol. The minimum atomic E-state index is -0.433. The van der Waals surface area contributed by atoms with Gasteiger partial charge in [0, 0.05) is 13.0 Å². The first kappa shape index (κ1) is 10.8. The highest BCUT2D eigenvalue weighted by molar-refractivity contribution is 6.33. The molecule has 0 aliphatic rings. The fraction of sp³-hybridized carbons (Fsp3) is 0.300. The molecule has 0 heterocycles. The molecule has 2 nitrogen and oxygen atoms in total. The summed E-state index contributed by atoms with van der Waals surface area (Å²) in [5, 5.41) is 11.4. The maximum Gasteiger partial charge on any atom is 0.143 e. The van der Waals surface area contributed by atoms with Gasteiger partial charge in [0.15, 0.2) is 0 Å². The van der Waals surface area contributed by atoms with E-state index in [-0.39, 0.29) is 5.02 Å². The summed E-state index contributed by atoms with van der Waals surface area (Å²) in [6.45, 7) is 0.622. The molecule has 0 bridgehead atoms. The average Bonchev–Trinajstić information content (AvgIpc) is 2.19. The van der Waals surface area contributed by atoms with E-state index in [1.807, 2.05) is 6.07 Å². The van der Waals surface area contributed by atoms with Crippen LogP contribution < -0.4 is 5.32 Å². The van der Waals surface area contributed by atoms with Gasteiger partial charge in [0.2, 0.25) is 0 Å². The third-order valence-corrected chi connectivity index (χ3v) is 2.12. The number of unbranched alkanes of at least 4 members (excludes halogenated alkanes) is 1. The normalized spacial score (nSPS) is 9.50. The Bertz CT molecular complexity index is 346. The largest absolute Gasteiger partial charge is 0.384 e. The van der Waals surface area contributed by atoms with Crippen molar-refractivity contribution in [3.05, 3.63) is 29.0 Å². The zero-order valence-corrected chi connectivity index (χ0v) is 8.31. The fourth-order valence-corrected chi connectivity index (χ4v) is 1.22. The van der Waals surface area contributed by atoms with Crippen LogP contribution in [0, 0.1) is 17.1 Å². The molecule has 74 valence electrons. The average molecular weight is 213 g/mol. The number of benzene rings is 1. The van der Waals surface area contributed by atoms with Crippen molar-refractivity contribution >= 4 is 17.3 Å². The zero-order chi connectivity index (χ0) is 10.4. The minimum absolute atomic E-state index is 0.101. The number of rotatable bonds is 4. The van der Waals surface area contributed by atoms with Crippen molar-refractivity contribution in [1.29, 1.82) is 5.26 Å². The number of hydrogen-bond acceptors (Lipinski definition) is 2. The monoisotopic (exact) mass is 212 g/mol. The molecule has 0 unspecified atom stereocenters. The summed E-state index contributed by atoms with van der Waals surface area (Å²) in [6, 6.07) is 6.64. The lowest BCUT2D eigenvalue weighted by atomic mass is 10.3. The number of nitrogens with zero attached hydrogens (tertiary/aromatic N) is 1. The smallest absolute Gasteiger partial charge is 0.143 e. The van der Waals surface area contributed by atoms with Crippen molar-refractivity contribution in [2.75, 3.05) is 11.9 Å².